The van der Waals surface area contributed by atoms with Crippen molar-refractivity contribution in [1.29, 1.82) is 0 Å². The summed E-state index contributed by atoms with van der Waals surface area (Å²) in [5.41, 5.74) is 3.35. The molecule has 1 saturated heterocycles. The zero-order valence-corrected chi connectivity index (χ0v) is 25.4. The quantitative estimate of drug-likeness (QED) is 0.141. The Balaban J connectivity index is 1.36. The highest BCUT2D eigenvalue weighted by atomic mass is 35.6. The molecule has 2 aliphatic rings. The number of nitrogens with one attached hydrogen (secondary N) is 1. The zero-order chi connectivity index (χ0) is 30.5. The number of amides is 1. The molecule has 12 heteroatoms. The third-order valence-electron chi connectivity index (χ3n) is 6.86. The standard InChI is InChI=1S/C30H32Cl3NO8/c1-4-29(2,3)42-26(35)23(13-14-25-38-16-24(41-25)27(36)40-17-30(31,32)33)34-28(37)39-15-22-20-11-7-5-9-18(20)19-10-6-8-12-21(19)22/h4-12,22-25H,1,13-17H2,2-3H3,(H,34,37)/t23-,24-,25?/m0/s1. The van der Waals surface area contributed by atoms with Crippen LogP contribution in [0.5, 0.6) is 0 Å². The minimum absolute atomic E-state index is 0.0663. The lowest BCUT2D eigenvalue weighted by Crippen LogP contribution is -2.45. The van der Waals surface area contributed by atoms with E-state index in [-0.39, 0.29) is 32.0 Å². The first-order valence-electron chi connectivity index (χ1n) is 13.4. The van der Waals surface area contributed by atoms with Crippen LogP contribution in [-0.4, -0.2) is 65.7 Å². The SMILES string of the molecule is C=CC(C)(C)OC(=O)[C@H](CCC1OC[C@@H](C(=O)OCC(Cl)(Cl)Cl)O1)NC(=O)OCC1c2ccccc2-c2ccccc21. The van der Waals surface area contributed by atoms with E-state index in [0.717, 1.165) is 22.3 Å². The molecule has 42 heavy (non-hydrogen) atoms. The number of benzene rings is 2. The van der Waals surface area contributed by atoms with Gasteiger partial charge in [0.1, 0.15) is 24.9 Å². The summed E-state index contributed by atoms with van der Waals surface area (Å²) in [5, 5.41) is 2.61. The van der Waals surface area contributed by atoms with Crippen LogP contribution in [0.1, 0.15) is 43.7 Å². The van der Waals surface area contributed by atoms with Gasteiger partial charge in [0.2, 0.25) is 3.79 Å². The monoisotopic (exact) mass is 639 g/mol. The molecule has 1 heterocycles. The van der Waals surface area contributed by atoms with Crippen molar-refractivity contribution in [1.82, 2.24) is 5.32 Å². The van der Waals surface area contributed by atoms with Crippen LogP contribution in [0.3, 0.4) is 0 Å². The normalized spacial score (nSPS) is 18.9. The molecule has 0 saturated carbocycles. The summed E-state index contributed by atoms with van der Waals surface area (Å²) in [6, 6.07) is 14.9. The third kappa shape index (κ3) is 8.39. The highest BCUT2D eigenvalue weighted by Gasteiger charge is 2.36. The lowest BCUT2D eigenvalue weighted by Gasteiger charge is -2.25. The summed E-state index contributed by atoms with van der Waals surface area (Å²) in [5.74, 6) is -1.58. The lowest BCUT2D eigenvalue weighted by atomic mass is 9.98. The molecule has 3 atom stereocenters. The molecule has 1 aliphatic carbocycles. The fourth-order valence-corrected chi connectivity index (χ4v) is 4.85. The Hall–Kier alpha value is -2.82. The van der Waals surface area contributed by atoms with E-state index in [2.05, 4.69) is 11.9 Å². The van der Waals surface area contributed by atoms with Gasteiger partial charge in [0.15, 0.2) is 12.4 Å². The van der Waals surface area contributed by atoms with E-state index in [1.165, 1.54) is 6.08 Å². The molecule has 0 aromatic heterocycles. The Morgan fingerprint density at radius 1 is 1.05 bits per heavy atom. The van der Waals surface area contributed by atoms with E-state index in [1.54, 1.807) is 13.8 Å². The van der Waals surface area contributed by atoms with Crippen LogP contribution in [0.25, 0.3) is 11.1 Å². The average Bonchev–Trinajstić information content (AvgIpc) is 3.55. The van der Waals surface area contributed by atoms with Crippen molar-refractivity contribution in [3.8, 4) is 11.1 Å². The molecule has 9 nitrogen and oxygen atoms in total. The summed E-state index contributed by atoms with van der Waals surface area (Å²) in [6.07, 6.45) is -0.962. The first kappa shape index (κ1) is 32.1. The zero-order valence-electron chi connectivity index (χ0n) is 23.1. The molecule has 1 fully saturated rings. The number of rotatable bonds is 11. The number of alkyl carbamates (subject to hydrolysis) is 1. The van der Waals surface area contributed by atoms with E-state index in [1.807, 2.05) is 48.5 Å². The summed E-state index contributed by atoms with van der Waals surface area (Å²) >= 11 is 16.8. The molecule has 1 amide bonds. The maximum atomic E-state index is 13.1. The van der Waals surface area contributed by atoms with Crippen LogP contribution < -0.4 is 5.32 Å². The van der Waals surface area contributed by atoms with Gasteiger partial charge in [-0.25, -0.2) is 14.4 Å². The van der Waals surface area contributed by atoms with Crippen molar-refractivity contribution in [3.05, 3.63) is 72.3 Å². The number of fused-ring (bicyclic) bond motifs is 3. The van der Waals surface area contributed by atoms with Crippen LogP contribution in [0.15, 0.2) is 61.2 Å². The average molecular weight is 641 g/mol. The Morgan fingerprint density at radius 2 is 1.67 bits per heavy atom. The number of carbonyl (C=O) groups excluding carboxylic acids is 3. The number of alkyl halides is 3. The van der Waals surface area contributed by atoms with Gasteiger partial charge in [0, 0.05) is 12.3 Å². The number of hydrogen-bond acceptors (Lipinski definition) is 8. The van der Waals surface area contributed by atoms with Crippen molar-refractivity contribution in [2.45, 2.75) is 60.4 Å². The van der Waals surface area contributed by atoms with Crippen LogP contribution >= 0.6 is 34.8 Å². The van der Waals surface area contributed by atoms with Crippen molar-refractivity contribution in [2.75, 3.05) is 19.8 Å². The van der Waals surface area contributed by atoms with Crippen molar-refractivity contribution >= 4 is 52.8 Å². The van der Waals surface area contributed by atoms with Crippen LogP contribution in [0.4, 0.5) is 4.79 Å². The lowest BCUT2D eigenvalue weighted by molar-refractivity contribution is -0.159. The predicted molar refractivity (Wildman–Crippen MR) is 157 cm³/mol. The number of halogens is 3. The molecule has 1 N–H and O–H groups in total. The molecule has 1 aliphatic heterocycles. The molecule has 0 bridgehead atoms. The Bertz CT molecular complexity index is 1270. The van der Waals surface area contributed by atoms with Gasteiger partial charge in [0.25, 0.3) is 0 Å². The fourth-order valence-electron chi connectivity index (χ4n) is 4.68. The molecule has 0 radical (unpaired) electrons. The molecular weight excluding hydrogens is 609 g/mol. The minimum Gasteiger partial charge on any atom is -0.459 e. The number of esters is 2. The molecule has 4 rings (SSSR count). The predicted octanol–water partition coefficient (Wildman–Crippen LogP) is 5.84. The molecule has 2 aromatic rings. The van der Waals surface area contributed by atoms with E-state index >= 15 is 0 Å². The van der Waals surface area contributed by atoms with Gasteiger partial charge in [-0.15, -0.1) is 0 Å². The van der Waals surface area contributed by atoms with Gasteiger partial charge in [-0.3, -0.25) is 0 Å². The van der Waals surface area contributed by atoms with E-state index in [9.17, 15) is 14.4 Å². The van der Waals surface area contributed by atoms with Crippen molar-refractivity contribution in [3.63, 3.8) is 0 Å². The summed E-state index contributed by atoms with van der Waals surface area (Å²) < 4.78 is 25.4. The van der Waals surface area contributed by atoms with Gasteiger partial charge in [-0.1, -0.05) is 89.9 Å². The maximum Gasteiger partial charge on any atom is 0.407 e. The first-order valence-corrected chi connectivity index (χ1v) is 14.5. The Labute approximate surface area is 259 Å². The first-order chi connectivity index (χ1) is 19.9. The van der Waals surface area contributed by atoms with Gasteiger partial charge < -0.3 is 29.0 Å². The molecular formula is C30H32Cl3NO8. The van der Waals surface area contributed by atoms with E-state index < -0.39 is 52.5 Å². The fraction of sp³-hybridized carbons (Fsp3) is 0.433. The van der Waals surface area contributed by atoms with E-state index in [0.29, 0.717) is 0 Å². The van der Waals surface area contributed by atoms with E-state index in [4.69, 9.17) is 58.5 Å². The molecule has 1 unspecified atom stereocenters. The second-order valence-corrected chi connectivity index (χ2v) is 13.0. The van der Waals surface area contributed by atoms with Crippen LogP contribution in [0, 0.1) is 0 Å². The number of carbonyl (C=O) groups is 3. The second kappa shape index (κ2) is 13.7. The second-order valence-electron chi connectivity index (χ2n) is 10.4. The Kier molecular flexibility index (Phi) is 10.4. The summed E-state index contributed by atoms with van der Waals surface area (Å²) in [7, 11) is 0. The smallest absolute Gasteiger partial charge is 0.407 e. The summed E-state index contributed by atoms with van der Waals surface area (Å²) in [6.45, 7) is 6.56. The van der Waals surface area contributed by atoms with Gasteiger partial charge >= 0.3 is 18.0 Å². The van der Waals surface area contributed by atoms with Crippen LogP contribution in [-0.2, 0) is 33.3 Å². The number of ether oxygens (including phenoxy) is 5. The van der Waals surface area contributed by atoms with Gasteiger partial charge in [0.05, 0.1) is 6.61 Å². The highest BCUT2D eigenvalue weighted by molar-refractivity contribution is 6.67. The number of hydrogen-bond donors (Lipinski definition) is 1. The minimum atomic E-state index is -1.76. The molecule has 0 spiro atoms. The van der Waals surface area contributed by atoms with Gasteiger partial charge in [-0.2, -0.15) is 0 Å². The van der Waals surface area contributed by atoms with Crippen LogP contribution in [0.2, 0.25) is 0 Å². The maximum absolute atomic E-state index is 13.1. The topological polar surface area (TPSA) is 109 Å². The van der Waals surface area contributed by atoms with Crippen molar-refractivity contribution < 1.29 is 38.1 Å². The third-order valence-corrected chi connectivity index (χ3v) is 7.18. The summed E-state index contributed by atoms with van der Waals surface area (Å²) in [4.78, 5) is 38.2. The van der Waals surface area contributed by atoms with Gasteiger partial charge in [-0.05, 0) is 48.6 Å². The highest BCUT2D eigenvalue weighted by Crippen LogP contribution is 2.44. The largest absolute Gasteiger partial charge is 0.459 e. The van der Waals surface area contributed by atoms with Crippen molar-refractivity contribution in [2.24, 2.45) is 0 Å². The Morgan fingerprint density at radius 3 is 2.26 bits per heavy atom. The molecule has 2 aromatic carbocycles. The molecule has 226 valence electrons.